The van der Waals surface area contributed by atoms with E-state index in [4.69, 9.17) is 15.9 Å². The third-order valence-electron chi connectivity index (χ3n) is 6.33. The Morgan fingerprint density at radius 3 is 2.69 bits per heavy atom. The molecule has 0 aliphatic carbocycles. The summed E-state index contributed by atoms with van der Waals surface area (Å²) in [5.41, 5.74) is 10.7. The molecule has 0 saturated carbocycles. The number of aryl methyl sites for hydroxylation is 1. The third kappa shape index (κ3) is 4.47. The van der Waals surface area contributed by atoms with Gasteiger partial charge in [-0.25, -0.2) is 0 Å². The average Bonchev–Trinajstić information content (AvgIpc) is 2.72. The zero-order valence-electron chi connectivity index (χ0n) is 17.4. The molecule has 0 amide bonds. The minimum atomic E-state index is 0.144. The zero-order chi connectivity index (χ0) is 20.4. The smallest absolute Gasteiger partial charge is 0.188 e. The van der Waals surface area contributed by atoms with Crippen LogP contribution in [0.2, 0.25) is 0 Å². The fraction of sp³-hybridized carbons (Fsp3) is 0.478. The number of pyridine rings is 1. The first kappa shape index (κ1) is 19.6. The van der Waals surface area contributed by atoms with Crippen LogP contribution in [0.3, 0.4) is 0 Å². The van der Waals surface area contributed by atoms with E-state index >= 15 is 0 Å². The van der Waals surface area contributed by atoms with Crippen molar-refractivity contribution in [2.75, 3.05) is 31.1 Å². The van der Waals surface area contributed by atoms with Gasteiger partial charge in [0, 0.05) is 49.2 Å². The van der Waals surface area contributed by atoms with Crippen molar-refractivity contribution in [3.63, 3.8) is 0 Å². The summed E-state index contributed by atoms with van der Waals surface area (Å²) in [5.74, 6) is 1.06. The van der Waals surface area contributed by atoms with Gasteiger partial charge in [-0.3, -0.25) is 10.4 Å². The van der Waals surface area contributed by atoms with Crippen LogP contribution in [0.25, 0.3) is 0 Å². The van der Waals surface area contributed by atoms with E-state index in [-0.39, 0.29) is 11.4 Å². The fourth-order valence-electron chi connectivity index (χ4n) is 4.26. The summed E-state index contributed by atoms with van der Waals surface area (Å²) in [6, 6.07) is 10.6. The molecule has 0 bridgehead atoms. The molecule has 0 atom stereocenters. The van der Waals surface area contributed by atoms with Crippen molar-refractivity contribution in [1.29, 1.82) is 5.41 Å². The molecule has 2 aliphatic heterocycles. The standard InChI is InChI=1S/C23H31N5O/c1-17-13-20(5-9-26-17)27-11-7-23(2,8-12-27)16-29-21-4-3-18-6-10-28(22(24)25)15-19(18)14-21/h3-5,9,13-14H,6-8,10-12,15-16H2,1-2H3,(H3,24,25). The maximum atomic E-state index is 7.68. The zero-order valence-corrected chi connectivity index (χ0v) is 17.4. The Morgan fingerprint density at radius 1 is 1.17 bits per heavy atom. The molecule has 3 N–H and O–H groups in total. The van der Waals surface area contributed by atoms with Crippen LogP contribution in [0.1, 0.15) is 36.6 Å². The normalized spacial score (nSPS) is 18.3. The van der Waals surface area contributed by atoms with Gasteiger partial charge in [-0.2, -0.15) is 0 Å². The Bertz CT molecular complexity index is 889. The van der Waals surface area contributed by atoms with Crippen molar-refractivity contribution < 1.29 is 4.74 Å². The van der Waals surface area contributed by atoms with Crippen molar-refractivity contribution in [2.24, 2.45) is 11.1 Å². The molecule has 2 aliphatic rings. The molecule has 29 heavy (non-hydrogen) atoms. The second kappa shape index (κ2) is 7.93. The molecule has 4 rings (SSSR count). The number of guanidine groups is 1. The molecule has 0 radical (unpaired) electrons. The summed E-state index contributed by atoms with van der Waals surface area (Å²) in [4.78, 5) is 8.66. The number of piperidine rings is 1. The first-order chi connectivity index (χ1) is 13.9. The molecule has 1 aromatic carbocycles. The minimum absolute atomic E-state index is 0.144. The van der Waals surface area contributed by atoms with Gasteiger partial charge in [0.15, 0.2) is 5.96 Å². The molecule has 1 saturated heterocycles. The molecule has 6 nitrogen and oxygen atoms in total. The number of nitrogens with zero attached hydrogens (tertiary/aromatic N) is 3. The molecule has 0 unspecified atom stereocenters. The maximum Gasteiger partial charge on any atom is 0.188 e. The number of ether oxygens (including phenoxy) is 1. The van der Waals surface area contributed by atoms with Gasteiger partial charge in [-0.1, -0.05) is 13.0 Å². The molecular weight excluding hydrogens is 362 g/mol. The van der Waals surface area contributed by atoms with Crippen LogP contribution >= 0.6 is 0 Å². The first-order valence-electron chi connectivity index (χ1n) is 10.4. The van der Waals surface area contributed by atoms with Crippen LogP contribution in [0.4, 0.5) is 5.69 Å². The van der Waals surface area contributed by atoms with Crippen molar-refractivity contribution in [3.05, 3.63) is 53.3 Å². The van der Waals surface area contributed by atoms with Crippen LogP contribution in [0.5, 0.6) is 5.75 Å². The van der Waals surface area contributed by atoms with E-state index in [0.29, 0.717) is 6.54 Å². The molecule has 154 valence electrons. The van der Waals surface area contributed by atoms with Gasteiger partial charge in [-0.15, -0.1) is 0 Å². The second-order valence-electron chi connectivity index (χ2n) is 8.73. The number of hydrogen-bond donors (Lipinski definition) is 2. The number of nitrogens with two attached hydrogens (primary N) is 1. The number of hydrogen-bond acceptors (Lipinski definition) is 4. The molecule has 1 fully saturated rings. The third-order valence-corrected chi connectivity index (χ3v) is 6.33. The molecular formula is C23H31N5O. The van der Waals surface area contributed by atoms with Gasteiger partial charge in [0.2, 0.25) is 0 Å². The first-order valence-corrected chi connectivity index (χ1v) is 10.4. The van der Waals surface area contributed by atoms with E-state index < -0.39 is 0 Å². The highest BCUT2D eigenvalue weighted by molar-refractivity contribution is 5.75. The Balaban J connectivity index is 1.35. The van der Waals surface area contributed by atoms with Crippen LogP contribution in [-0.4, -0.2) is 42.1 Å². The van der Waals surface area contributed by atoms with E-state index in [1.807, 2.05) is 18.0 Å². The quantitative estimate of drug-likeness (QED) is 0.615. The Hall–Kier alpha value is -2.76. The average molecular weight is 394 g/mol. The predicted molar refractivity (Wildman–Crippen MR) is 116 cm³/mol. The van der Waals surface area contributed by atoms with Crippen molar-refractivity contribution in [2.45, 2.75) is 39.7 Å². The van der Waals surface area contributed by atoms with E-state index in [9.17, 15) is 0 Å². The molecule has 6 heteroatoms. The summed E-state index contributed by atoms with van der Waals surface area (Å²) < 4.78 is 6.24. The number of rotatable bonds is 4. The van der Waals surface area contributed by atoms with Crippen LogP contribution < -0.4 is 15.4 Å². The number of benzene rings is 1. The fourth-order valence-corrected chi connectivity index (χ4v) is 4.26. The lowest BCUT2D eigenvalue weighted by molar-refractivity contribution is 0.131. The topological polar surface area (TPSA) is 78.5 Å². The van der Waals surface area contributed by atoms with Gasteiger partial charge < -0.3 is 20.3 Å². The lowest BCUT2D eigenvalue weighted by atomic mass is 9.81. The number of aromatic nitrogens is 1. The van der Waals surface area contributed by atoms with E-state index in [2.05, 4.69) is 47.1 Å². The highest BCUT2D eigenvalue weighted by atomic mass is 16.5. The lowest BCUT2D eigenvalue weighted by Gasteiger charge is -2.40. The van der Waals surface area contributed by atoms with Gasteiger partial charge in [-0.05, 0) is 61.6 Å². The van der Waals surface area contributed by atoms with E-state index in [1.54, 1.807) is 0 Å². The highest BCUT2D eigenvalue weighted by Crippen LogP contribution is 2.34. The monoisotopic (exact) mass is 393 g/mol. The van der Waals surface area contributed by atoms with Gasteiger partial charge in [0.25, 0.3) is 0 Å². The van der Waals surface area contributed by atoms with E-state index in [1.165, 1.54) is 16.8 Å². The van der Waals surface area contributed by atoms with Gasteiger partial charge in [0.05, 0.1) is 6.61 Å². The lowest BCUT2D eigenvalue weighted by Crippen LogP contribution is -2.41. The molecule has 2 aromatic rings. The predicted octanol–water partition coefficient (Wildman–Crippen LogP) is 3.33. The van der Waals surface area contributed by atoms with Crippen LogP contribution in [0, 0.1) is 17.7 Å². The Kier molecular flexibility index (Phi) is 5.35. The highest BCUT2D eigenvalue weighted by Gasteiger charge is 2.31. The number of nitrogens with one attached hydrogen (secondary N) is 1. The summed E-state index contributed by atoms with van der Waals surface area (Å²) in [5, 5.41) is 7.68. The SMILES string of the molecule is Cc1cc(N2CCC(C)(COc3ccc4c(c3)CN(C(=N)N)CC4)CC2)ccn1. The second-order valence-corrected chi connectivity index (χ2v) is 8.73. The largest absolute Gasteiger partial charge is 0.493 e. The van der Waals surface area contributed by atoms with Crippen molar-refractivity contribution >= 4 is 11.6 Å². The summed E-state index contributed by atoms with van der Waals surface area (Å²) in [6.07, 6.45) is 5.04. The molecule has 0 spiro atoms. The number of anilines is 1. The molecule has 3 heterocycles. The van der Waals surface area contributed by atoms with Crippen LogP contribution in [-0.2, 0) is 13.0 Å². The maximum absolute atomic E-state index is 7.68. The van der Waals surface area contributed by atoms with Gasteiger partial charge in [0.1, 0.15) is 5.75 Å². The Morgan fingerprint density at radius 2 is 1.97 bits per heavy atom. The van der Waals surface area contributed by atoms with Gasteiger partial charge >= 0.3 is 0 Å². The summed E-state index contributed by atoms with van der Waals surface area (Å²) >= 11 is 0. The van der Waals surface area contributed by atoms with Crippen molar-refractivity contribution in [3.8, 4) is 5.75 Å². The summed E-state index contributed by atoms with van der Waals surface area (Å²) in [7, 11) is 0. The summed E-state index contributed by atoms with van der Waals surface area (Å²) in [6.45, 7) is 8.69. The molecule has 1 aromatic heterocycles. The number of fused-ring (bicyclic) bond motifs is 1. The minimum Gasteiger partial charge on any atom is -0.493 e. The van der Waals surface area contributed by atoms with Crippen LogP contribution in [0.15, 0.2) is 36.5 Å². The van der Waals surface area contributed by atoms with Crippen molar-refractivity contribution in [1.82, 2.24) is 9.88 Å². The van der Waals surface area contributed by atoms with E-state index in [0.717, 1.165) is 56.9 Å². The Labute approximate surface area is 173 Å².